The first kappa shape index (κ1) is 16.2. The first-order valence-corrected chi connectivity index (χ1v) is 9.15. The average Bonchev–Trinajstić information content (AvgIpc) is 2.93. The van der Waals surface area contributed by atoms with Crippen molar-refractivity contribution < 1.29 is 4.79 Å². The molecule has 1 amide bonds. The molecular weight excluding hydrogens is 308 g/mol. The molecule has 0 saturated heterocycles. The van der Waals surface area contributed by atoms with Crippen molar-refractivity contribution >= 4 is 27.6 Å². The number of fused-ring (bicyclic) bond motifs is 3. The molecule has 2 aromatic carbocycles. The van der Waals surface area contributed by atoms with Gasteiger partial charge in [0.2, 0.25) is 5.91 Å². The molecule has 4 rings (SSSR count). The van der Waals surface area contributed by atoms with Crippen LogP contribution in [0.25, 0.3) is 21.7 Å². The molecule has 0 aliphatic heterocycles. The molecule has 25 heavy (non-hydrogen) atoms. The summed E-state index contributed by atoms with van der Waals surface area (Å²) in [5.41, 5.74) is 4.29. The number of benzene rings is 2. The normalized spacial score (nSPS) is 21.6. The van der Waals surface area contributed by atoms with Crippen molar-refractivity contribution in [2.24, 2.45) is 11.3 Å². The fourth-order valence-corrected chi connectivity index (χ4v) is 4.75. The number of aryl methyl sites for hydroxylation is 1. The molecule has 3 aromatic rings. The number of hydrogen-bond acceptors (Lipinski definition) is 1. The van der Waals surface area contributed by atoms with E-state index in [0.717, 1.165) is 13.0 Å². The van der Waals surface area contributed by atoms with Crippen LogP contribution in [0.3, 0.4) is 0 Å². The van der Waals surface area contributed by atoms with Crippen molar-refractivity contribution in [3.05, 3.63) is 47.7 Å². The highest BCUT2D eigenvalue weighted by Crippen LogP contribution is 2.67. The fraction of sp³-hybridized carbons (Fsp3) is 0.409. The van der Waals surface area contributed by atoms with Gasteiger partial charge in [0.25, 0.3) is 0 Å². The molecular formula is C22H26N2O. The third kappa shape index (κ3) is 2.53. The molecule has 0 bridgehead atoms. The lowest BCUT2D eigenvalue weighted by Crippen LogP contribution is -2.21. The van der Waals surface area contributed by atoms with Gasteiger partial charge in [-0.3, -0.25) is 4.79 Å². The van der Waals surface area contributed by atoms with Crippen LogP contribution >= 0.6 is 0 Å². The number of H-pyrrole nitrogens is 1. The largest absolute Gasteiger partial charge is 0.358 e. The van der Waals surface area contributed by atoms with Crippen LogP contribution in [-0.4, -0.2) is 17.4 Å². The monoisotopic (exact) mass is 334 g/mol. The van der Waals surface area contributed by atoms with Crippen LogP contribution in [0.1, 0.15) is 44.4 Å². The van der Waals surface area contributed by atoms with Gasteiger partial charge in [-0.1, -0.05) is 50.2 Å². The highest BCUT2D eigenvalue weighted by molar-refractivity contribution is 6.07. The molecule has 1 aromatic heterocycles. The molecule has 1 aliphatic carbocycles. The first-order valence-electron chi connectivity index (χ1n) is 9.15. The van der Waals surface area contributed by atoms with E-state index in [1.807, 2.05) is 0 Å². The Morgan fingerprint density at radius 3 is 2.68 bits per heavy atom. The molecule has 130 valence electrons. The molecule has 3 nitrogen and oxygen atoms in total. The topological polar surface area (TPSA) is 44.9 Å². The Labute approximate surface area is 148 Å². The van der Waals surface area contributed by atoms with Crippen LogP contribution in [-0.2, 0) is 4.79 Å². The SMILES string of the molecule is CC(=O)NCCC1C(c2c(C)[nH]c3c2ccc2ccccc23)C1(C)C. The zero-order valence-corrected chi connectivity index (χ0v) is 15.4. The Morgan fingerprint density at radius 2 is 1.92 bits per heavy atom. The Kier molecular flexibility index (Phi) is 3.64. The van der Waals surface area contributed by atoms with E-state index in [0.29, 0.717) is 11.8 Å². The average molecular weight is 334 g/mol. The lowest BCUT2D eigenvalue weighted by molar-refractivity contribution is -0.118. The number of nitrogens with one attached hydrogen (secondary N) is 2. The maximum atomic E-state index is 11.2. The van der Waals surface area contributed by atoms with Gasteiger partial charge in [-0.05, 0) is 41.5 Å². The summed E-state index contributed by atoms with van der Waals surface area (Å²) in [6, 6.07) is 13.1. The highest BCUT2D eigenvalue weighted by Gasteiger charge is 2.58. The van der Waals surface area contributed by atoms with Gasteiger partial charge < -0.3 is 10.3 Å². The van der Waals surface area contributed by atoms with E-state index in [1.165, 1.54) is 32.9 Å². The summed E-state index contributed by atoms with van der Waals surface area (Å²) in [7, 11) is 0. The third-order valence-corrected chi connectivity index (χ3v) is 6.13. The molecule has 2 N–H and O–H groups in total. The van der Waals surface area contributed by atoms with E-state index >= 15 is 0 Å². The maximum absolute atomic E-state index is 11.2. The van der Waals surface area contributed by atoms with Crippen molar-refractivity contribution in [3.63, 3.8) is 0 Å². The fourth-order valence-electron chi connectivity index (χ4n) is 4.75. The minimum absolute atomic E-state index is 0.0600. The van der Waals surface area contributed by atoms with Gasteiger partial charge in [-0.2, -0.15) is 0 Å². The zero-order valence-electron chi connectivity index (χ0n) is 15.4. The number of rotatable bonds is 4. The quantitative estimate of drug-likeness (QED) is 0.700. The van der Waals surface area contributed by atoms with Gasteiger partial charge in [-0.25, -0.2) is 0 Å². The second kappa shape index (κ2) is 5.62. The summed E-state index contributed by atoms with van der Waals surface area (Å²) in [6.45, 7) is 9.27. The van der Waals surface area contributed by atoms with Crippen LogP contribution in [0.5, 0.6) is 0 Å². The van der Waals surface area contributed by atoms with Crippen LogP contribution in [0.4, 0.5) is 0 Å². The summed E-state index contributed by atoms with van der Waals surface area (Å²) >= 11 is 0. The van der Waals surface area contributed by atoms with Crippen LogP contribution in [0, 0.1) is 18.3 Å². The van der Waals surface area contributed by atoms with Gasteiger partial charge >= 0.3 is 0 Å². The molecule has 1 saturated carbocycles. The lowest BCUT2D eigenvalue weighted by atomic mass is 9.98. The van der Waals surface area contributed by atoms with Gasteiger partial charge in [0, 0.05) is 29.9 Å². The van der Waals surface area contributed by atoms with E-state index in [9.17, 15) is 4.79 Å². The molecule has 0 spiro atoms. The summed E-state index contributed by atoms with van der Waals surface area (Å²) in [4.78, 5) is 14.8. The summed E-state index contributed by atoms with van der Waals surface area (Å²) in [6.07, 6.45) is 1.04. The van der Waals surface area contributed by atoms with Crippen molar-refractivity contribution in [1.82, 2.24) is 10.3 Å². The molecule has 2 atom stereocenters. The number of aromatic amines is 1. The van der Waals surface area contributed by atoms with Crippen molar-refractivity contribution in [1.29, 1.82) is 0 Å². The van der Waals surface area contributed by atoms with Gasteiger partial charge in [0.1, 0.15) is 0 Å². The summed E-state index contributed by atoms with van der Waals surface area (Å²) < 4.78 is 0. The summed E-state index contributed by atoms with van der Waals surface area (Å²) in [5, 5.41) is 6.88. The van der Waals surface area contributed by atoms with Crippen molar-refractivity contribution in [2.75, 3.05) is 6.54 Å². The highest BCUT2D eigenvalue weighted by atomic mass is 16.1. The standard InChI is InChI=1S/C22H26N2O/c1-13-19(20-18(22(20,3)4)11-12-23-14(2)25)17-10-9-15-7-5-6-8-16(15)21(17)24-13/h5-10,18,20,24H,11-12H2,1-4H3,(H,23,25). The zero-order chi connectivity index (χ0) is 17.8. The van der Waals surface area contributed by atoms with Gasteiger partial charge in [-0.15, -0.1) is 0 Å². The number of carbonyl (C=O) groups is 1. The van der Waals surface area contributed by atoms with Crippen LogP contribution in [0.2, 0.25) is 0 Å². The van der Waals surface area contributed by atoms with E-state index in [-0.39, 0.29) is 11.3 Å². The summed E-state index contributed by atoms with van der Waals surface area (Å²) in [5.74, 6) is 1.23. The maximum Gasteiger partial charge on any atom is 0.216 e. The van der Waals surface area contributed by atoms with E-state index in [2.05, 4.69) is 67.5 Å². The van der Waals surface area contributed by atoms with E-state index in [1.54, 1.807) is 6.92 Å². The molecule has 3 heteroatoms. The second-order valence-corrected chi connectivity index (χ2v) is 8.05. The second-order valence-electron chi connectivity index (χ2n) is 8.05. The minimum atomic E-state index is 0.0600. The van der Waals surface area contributed by atoms with Crippen LogP contribution in [0.15, 0.2) is 36.4 Å². The van der Waals surface area contributed by atoms with Crippen molar-refractivity contribution in [2.45, 2.75) is 40.0 Å². The minimum Gasteiger partial charge on any atom is -0.358 e. The lowest BCUT2D eigenvalue weighted by Gasteiger charge is -2.04. The Hall–Kier alpha value is -2.29. The molecule has 1 fully saturated rings. The first-order chi connectivity index (χ1) is 11.9. The predicted molar refractivity (Wildman–Crippen MR) is 104 cm³/mol. The van der Waals surface area contributed by atoms with E-state index in [4.69, 9.17) is 0 Å². The molecule has 1 aliphatic rings. The third-order valence-electron chi connectivity index (χ3n) is 6.13. The number of aromatic nitrogens is 1. The van der Waals surface area contributed by atoms with E-state index < -0.39 is 0 Å². The predicted octanol–water partition coefficient (Wildman–Crippen LogP) is 4.90. The molecule has 0 radical (unpaired) electrons. The Morgan fingerprint density at radius 1 is 1.16 bits per heavy atom. The van der Waals surface area contributed by atoms with Gasteiger partial charge in [0.05, 0.1) is 5.52 Å². The number of hydrogen-bond donors (Lipinski definition) is 2. The number of amides is 1. The number of carbonyl (C=O) groups excluding carboxylic acids is 1. The Bertz CT molecular complexity index is 967. The van der Waals surface area contributed by atoms with Gasteiger partial charge in [0.15, 0.2) is 0 Å². The van der Waals surface area contributed by atoms with Crippen LogP contribution < -0.4 is 5.32 Å². The molecule has 1 heterocycles. The molecule has 2 unspecified atom stereocenters. The van der Waals surface area contributed by atoms with Crippen molar-refractivity contribution in [3.8, 4) is 0 Å². The smallest absolute Gasteiger partial charge is 0.216 e. The Balaban J connectivity index is 1.73.